The molecule has 1 aliphatic carbocycles. The number of Topliss-reactive ketones (excluding diaryl/α,β-unsaturated/α-hetero) is 1. The lowest BCUT2D eigenvalue weighted by Crippen LogP contribution is -1.95. The molecule has 1 aromatic rings. The van der Waals surface area contributed by atoms with Crippen LogP contribution in [0.5, 0.6) is 0 Å². The maximum Gasteiger partial charge on any atom is 0.159 e. The monoisotopic (exact) mass is 226 g/mol. The van der Waals surface area contributed by atoms with Crippen LogP contribution in [0.25, 0.3) is 5.57 Å². The van der Waals surface area contributed by atoms with Gasteiger partial charge in [-0.2, -0.15) is 0 Å². The largest absolute Gasteiger partial charge is 0.295 e. The molecule has 0 amide bonds. The Kier molecular flexibility index (Phi) is 3.58. The van der Waals surface area contributed by atoms with Crippen LogP contribution in [-0.4, -0.2) is 5.78 Å². The number of benzene rings is 1. The summed E-state index contributed by atoms with van der Waals surface area (Å²) in [6.45, 7) is 3.80. The van der Waals surface area contributed by atoms with Gasteiger partial charge in [-0.15, -0.1) is 0 Å². The Labute approximate surface area is 103 Å². The fourth-order valence-electron chi connectivity index (χ4n) is 2.13. The van der Waals surface area contributed by atoms with Gasteiger partial charge in [0.15, 0.2) is 5.78 Å². The van der Waals surface area contributed by atoms with E-state index in [1.165, 1.54) is 16.7 Å². The molecule has 0 N–H and O–H groups in total. The summed E-state index contributed by atoms with van der Waals surface area (Å²) in [6, 6.07) is 7.93. The summed E-state index contributed by atoms with van der Waals surface area (Å²) in [6.07, 6.45) is 7.87. The molecule has 1 aromatic carbocycles. The van der Waals surface area contributed by atoms with E-state index < -0.39 is 0 Å². The van der Waals surface area contributed by atoms with E-state index in [4.69, 9.17) is 0 Å². The summed E-state index contributed by atoms with van der Waals surface area (Å²) in [4.78, 5) is 11.2. The molecule has 0 atom stereocenters. The van der Waals surface area contributed by atoms with Crippen molar-refractivity contribution >= 4 is 11.4 Å². The van der Waals surface area contributed by atoms with Crippen molar-refractivity contribution in [2.45, 2.75) is 33.1 Å². The maximum atomic E-state index is 11.2. The summed E-state index contributed by atoms with van der Waals surface area (Å²) in [5.41, 5.74) is 4.92. The second-order valence-electron chi connectivity index (χ2n) is 4.50. The highest BCUT2D eigenvalue weighted by molar-refractivity contribution is 5.94. The van der Waals surface area contributed by atoms with Crippen LogP contribution < -0.4 is 0 Å². The summed E-state index contributed by atoms with van der Waals surface area (Å²) in [5.74, 6) is 0.127. The lowest BCUT2D eigenvalue weighted by Gasteiger charge is -2.14. The number of rotatable bonds is 3. The van der Waals surface area contributed by atoms with Crippen LogP contribution in [0, 0.1) is 0 Å². The molecule has 88 valence electrons. The van der Waals surface area contributed by atoms with Gasteiger partial charge in [0.1, 0.15) is 0 Å². The first-order chi connectivity index (χ1) is 8.20. The molecular formula is C16H18O. The van der Waals surface area contributed by atoms with Crippen LogP contribution in [0.4, 0.5) is 0 Å². The highest BCUT2D eigenvalue weighted by Gasteiger charge is 2.07. The molecule has 0 spiro atoms. The summed E-state index contributed by atoms with van der Waals surface area (Å²) < 4.78 is 0. The molecule has 2 rings (SSSR count). The Balaban J connectivity index is 2.21. The molecule has 0 saturated heterocycles. The lowest BCUT2D eigenvalue weighted by molar-refractivity contribution is 0.101. The van der Waals surface area contributed by atoms with Crippen molar-refractivity contribution in [2.75, 3.05) is 0 Å². The molecule has 0 aromatic heterocycles. The average Bonchev–Trinajstić information content (AvgIpc) is 2.39. The first-order valence-electron chi connectivity index (χ1n) is 6.20. The molecule has 0 unspecified atom stereocenters. The smallest absolute Gasteiger partial charge is 0.159 e. The zero-order chi connectivity index (χ0) is 12.3. The molecule has 0 aliphatic heterocycles. The second-order valence-corrected chi connectivity index (χ2v) is 4.50. The first kappa shape index (κ1) is 11.8. The van der Waals surface area contributed by atoms with E-state index in [0.29, 0.717) is 0 Å². The Morgan fingerprint density at radius 3 is 2.29 bits per heavy atom. The Bertz CT molecular complexity index is 475. The molecule has 0 heterocycles. The highest BCUT2D eigenvalue weighted by Crippen LogP contribution is 2.27. The van der Waals surface area contributed by atoms with Crippen molar-refractivity contribution < 1.29 is 4.79 Å². The van der Waals surface area contributed by atoms with Crippen LogP contribution in [0.15, 0.2) is 42.0 Å². The van der Waals surface area contributed by atoms with Crippen LogP contribution in [-0.2, 0) is 0 Å². The van der Waals surface area contributed by atoms with Gasteiger partial charge in [-0.05, 0) is 37.3 Å². The van der Waals surface area contributed by atoms with Gasteiger partial charge in [-0.25, -0.2) is 0 Å². The standard InChI is InChI=1S/C16H18O/c1-3-13-4-6-15(7-5-13)16-10-8-14(9-11-16)12(2)17/h4,6,8-11H,3,5,7H2,1-2H3. The predicted molar refractivity (Wildman–Crippen MR) is 72.0 cm³/mol. The first-order valence-corrected chi connectivity index (χ1v) is 6.20. The van der Waals surface area contributed by atoms with Crippen molar-refractivity contribution in [3.63, 3.8) is 0 Å². The molecule has 0 bridgehead atoms. The van der Waals surface area contributed by atoms with Gasteiger partial charge >= 0.3 is 0 Å². The Morgan fingerprint density at radius 2 is 1.82 bits per heavy atom. The maximum absolute atomic E-state index is 11.2. The van der Waals surface area contributed by atoms with E-state index in [9.17, 15) is 4.79 Å². The minimum absolute atomic E-state index is 0.127. The number of hydrogen-bond donors (Lipinski definition) is 0. The Hall–Kier alpha value is -1.63. The third-order valence-electron chi connectivity index (χ3n) is 3.35. The molecule has 0 fully saturated rings. The van der Waals surface area contributed by atoms with Crippen molar-refractivity contribution in [3.05, 3.63) is 53.1 Å². The summed E-state index contributed by atoms with van der Waals surface area (Å²) in [7, 11) is 0. The van der Waals surface area contributed by atoms with Gasteiger partial charge in [-0.1, -0.05) is 48.9 Å². The van der Waals surface area contributed by atoms with Crippen LogP contribution >= 0.6 is 0 Å². The Morgan fingerprint density at radius 1 is 1.12 bits per heavy atom. The van der Waals surface area contributed by atoms with E-state index >= 15 is 0 Å². The van der Waals surface area contributed by atoms with Gasteiger partial charge < -0.3 is 0 Å². The molecule has 1 nitrogen and oxygen atoms in total. The average molecular weight is 226 g/mol. The van der Waals surface area contributed by atoms with Crippen molar-refractivity contribution in [1.82, 2.24) is 0 Å². The van der Waals surface area contributed by atoms with Crippen molar-refractivity contribution in [3.8, 4) is 0 Å². The molecule has 17 heavy (non-hydrogen) atoms. The van der Waals surface area contributed by atoms with E-state index in [2.05, 4.69) is 19.1 Å². The second kappa shape index (κ2) is 5.13. The topological polar surface area (TPSA) is 17.1 Å². The molecule has 0 saturated carbocycles. The van der Waals surface area contributed by atoms with Gasteiger partial charge in [0.2, 0.25) is 0 Å². The van der Waals surface area contributed by atoms with E-state index in [1.807, 2.05) is 24.3 Å². The third kappa shape index (κ3) is 2.73. The number of allylic oxidation sites excluding steroid dienone is 4. The van der Waals surface area contributed by atoms with Crippen LogP contribution in [0.3, 0.4) is 0 Å². The van der Waals surface area contributed by atoms with Gasteiger partial charge in [0.25, 0.3) is 0 Å². The summed E-state index contributed by atoms with van der Waals surface area (Å²) >= 11 is 0. The van der Waals surface area contributed by atoms with Gasteiger partial charge in [0.05, 0.1) is 0 Å². The number of ketones is 1. The lowest BCUT2D eigenvalue weighted by atomic mass is 9.92. The quantitative estimate of drug-likeness (QED) is 0.698. The molecular weight excluding hydrogens is 208 g/mol. The summed E-state index contributed by atoms with van der Waals surface area (Å²) in [5, 5.41) is 0. The number of carbonyl (C=O) groups is 1. The SMILES string of the molecule is CCC1=CC=C(c2ccc(C(C)=O)cc2)CC1. The number of hydrogen-bond acceptors (Lipinski definition) is 1. The van der Waals surface area contributed by atoms with Crippen LogP contribution in [0.1, 0.15) is 49.0 Å². The van der Waals surface area contributed by atoms with E-state index in [1.54, 1.807) is 6.92 Å². The molecule has 1 aliphatic rings. The minimum atomic E-state index is 0.127. The van der Waals surface area contributed by atoms with E-state index in [-0.39, 0.29) is 5.78 Å². The van der Waals surface area contributed by atoms with Crippen LogP contribution in [0.2, 0.25) is 0 Å². The molecule has 0 radical (unpaired) electrons. The zero-order valence-corrected chi connectivity index (χ0v) is 10.5. The molecule has 1 heteroatoms. The van der Waals surface area contributed by atoms with Gasteiger partial charge in [-0.3, -0.25) is 4.79 Å². The number of carbonyl (C=O) groups excluding carboxylic acids is 1. The zero-order valence-electron chi connectivity index (χ0n) is 10.5. The van der Waals surface area contributed by atoms with E-state index in [0.717, 1.165) is 24.8 Å². The minimum Gasteiger partial charge on any atom is -0.295 e. The van der Waals surface area contributed by atoms with Gasteiger partial charge in [0, 0.05) is 5.56 Å². The highest BCUT2D eigenvalue weighted by atomic mass is 16.1. The van der Waals surface area contributed by atoms with Crippen molar-refractivity contribution in [2.24, 2.45) is 0 Å². The fourth-order valence-corrected chi connectivity index (χ4v) is 2.13. The fraction of sp³-hybridized carbons (Fsp3) is 0.312. The predicted octanol–water partition coefficient (Wildman–Crippen LogP) is 4.40. The normalized spacial score (nSPS) is 15.2. The van der Waals surface area contributed by atoms with Crippen molar-refractivity contribution in [1.29, 1.82) is 0 Å². The third-order valence-corrected chi connectivity index (χ3v) is 3.35.